The fraction of sp³-hybridized carbons (Fsp3) is 0.0213. The molecule has 0 unspecified atom stereocenters. The van der Waals surface area contributed by atoms with E-state index in [1.807, 2.05) is 19.3 Å². The zero-order chi connectivity index (χ0) is 34.3. The molecular weight excluding hydrogens is 621 g/mol. The minimum atomic E-state index is 0.797. The molecule has 0 saturated heterocycles. The normalized spacial score (nSPS) is 12.3. The molecule has 0 radical (unpaired) electrons. The van der Waals surface area contributed by atoms with Gasteiger partial charge in [0, 0.05) is 68.2 Å². The smallest absolute Gasteiger partial charge is 0.0541 e. The number of hydrogen-bond acceptors (Lipinski definition) is 2. The van der Waals surface area contributed by atoms with E-state index in [1.165, 1.54) is 49.8 Å². The number of nitrogens with zero attached hydrogens (tertiary/aromatic N) is 3. The van der Waals surface area contributed by atoms with Crippen molar-refractivity contribution in [3.8, 4) is 22.5 Å². The average Bonchev–Trinajstić information content (AvgIpc) is 3.72. The van der Waals surface area contributed by atoms with Gasteiger partial charge in [0.15, 0.2) is 0 Å². The molecule has 9 rings (SSSR count). The van der Waals surface area contributed by atoms with Crippen molar-refractivity contribution in [2.45, 2.75) is 6.92 Å². The molecule has 242 valence electrons. The van der Waals surface area contributed by atoms with Crippen molar-refractivity contribution in [3.05, 3.63) is 187 Å². The summed E-state index contributed by atoms with van der Waals surface area (Å²) >= 11 is 0. The molecule has 0 fully saturated rings. The molecule has 0 aliphatic rings. The van der Waals surface area contributed by atoms with Gasteiger partial charge >= 0.3 is 0 Å². The third-order valence-corrected chi connectivity index (χ3v) is 9.93. The summed E-state index contributed by atoms with van der Waals surface area (Å²) in [5, 5.41) is 13.4. The third kappa shape index (κ3) is 5.17. The Morgan fingerprint density at radius 2 is 0.941 bits per heavy atom. The van der Waals surface area contributed by atoms with Gasteiger partial charge in [0.25, 0.3) is 0 Å². The minimum absolute atomic E-state index is 0.797. The number of nitrogens with one attached hydrogen (secondary N) is 1. The van der Waals surface area contributed by atoms with Crippen molar-refractivity contribution >= 4 is 61.0 Å². The lowest BCUT2D eigenvalue weighted by Gasteiger charge is -2.11. The van der Waals surface area contributed by atoms with Gasteiger partial charge < -0.3 is 14.5 Å². The Bertz CT molecular complexity index is 2700. The summed E-state index contributed by atoms with van der Waals surface area (Å²) in [6.07, 6.45) is 9.33. The fourth-order valence-corrected chi connectivity index (χ4v) is 7.47. The predicted molar refractivity (Wildman–Crippen MR) is 215 cm³/mol. The molecule has 3 aromatic heterocycles. The third-order valence-electron chi connectivity index (χ3n) is 9.93. The van der Waals surface area contributed by atoms with Gasteiger partial charge in [0.05, 0.1) is 22.1 Å². The van der Waals surface area contributed by atoms with E-state index >= 15 is 0 Å². The molecule has 6 aromatic carbocycles. The van der Waals surface area contributed by atoms with E-state index in [0.717, 1.165) is 44.8 Å². The van der Waals surface area contributed by atoms with Gasteiger partial charge in [-0.2, -0.15) is 0 Å². The number of fused-ring (bicyclic) bond motifs is 6. The Balaban J connectivity index is 1.02. The summed E-state index contributed by atoms with van der Waals surface area (Å²) in [4.78, 5) is 4.61. The molecule has 1 N–H and O–H groups in total. The molecule has 0 atom stereocenters. The topological polar surface area (TPSA) is 46.6 Å². The molecule has 3 heterocycles. The number of hydrogen-bond donors (Lipinski definition) is 1. The molecule has 0 aliphatic heterocycles. The highest BCUT2D eigenvalue weighted by Gasteiger charge is 2.14. The van der Waals surface area contributed by atoms with Crippen molar-refractivity contribution in [2.24, 2.45) is 0 Å². The lowest BCUT2D eigenvalue weighted by molar-refractivity contribution is 1.18. The predicted octanol–water partition coefficient (Wildman–Crippen LogP) is 12.1. The molecule has 9 aromatic rings. The summed E-state index contributed by atoms with van der Waals surface area (Å²) < 4.78 is 4.66. The Hall–Kier alpha value is -6.78. The zero-order valence-electron chi connectivity index (χ0n) is 28.2. The number of allylic oxidation sites excluding steroid dienone is 4. The second-order valence-corrected chi connectivity index (χ2v) is 12.8. The van der Waals surface area contributed by atoms with Gasteiger partial charge in [-0.15, -0.1) is 0 Å². The van der Waals surface area contributed by atoms with Crippen LogP contribution in [0.25, 0.3) is 77.3 Å². The van der Waals surface area contributed by atoms with Crippen LogP contribution in [0.5, 0.6) is 0 Å². The zero-order valence-corrected chi connectivity index (χ0v) is 28.2. The van der Waals surface area contributed by atoms with Gasteiger partial charge in [-0.25, -0.2) is 0 Å². The van der Waals surface area contributed by atoms with E-state index in [0.29, 0.717) is 0 Å². The van der Waals surface area contributed by atoms with Crippen LogP contribution in [-0.2, 0) is 0 Å². The highest BCUT2D eigenvalue weighted by Crippen LogP contribution is 2.34. The fourth-order valence-electron chi connectivity index (χ4n) is 7.47. The van der Waals surface area contributed by atoms with Crippen molar-refractivity contribution in [1.29, 1.82) is 5.41 Å². The maximum absolute atomic E-state index is 8.37. The Morgan fingerprint density at radius 3 is 1.39 bits per heavy atom. The number of rotatable bonds is 7. The number of pyridine rings is 1. The second-order valence-electron chi connectivity index (χ2n) is 12.8. The first-order chi connectivity index (χ1) is 25.2. The van der Waals surface area contributed by atoms with E-state index in [1.54, 1.807) is 0 Å². The number of benzene rings is 6. The molecular formula is C47H34N4. The van der Waals surface area contributed by atoms with Crippen LogP contribution in [0.2, 0.25) is 0 Å². The standard InChI is InChI=1S/C47H34N4/c1-2-32(33-19-23-38(24-20-33)50-44-15-7-3-11-40(44)41-12-4-8-16-45(41)50)27-35(29-48)37-28-36(30-49-31-37)34-21-25-39(26-22-34)51-46-17-9-5-13-42(46)43-14-6-10-18-47(43)51/h2-31,48H,1H3. The van der Waals surface area contributed by atoms with Gasteiger partial charge in [0.2, 0.25) is 0 Å². The molecule has 4 nitrogen and oxygen atoms in total. The highest BCUT2D eigenvalue weighted by molar-refractivity contribution is 6.12. The van der Waals surface area contributed by atoms with Gasteiger partial charge in [-0.1, -0.05) is 103 Å². The minimum Gasteiger partial charge on any atom is -0.309 e. The summed E-state index contributed by atoms with van der Waals surface area (Å²) in [7, 11) is 0. The molecule has 0 spiro atoms. The van der Waals surface area contributed by atoms with E-state index < -0.39 is 0 Å². The summed E-state index contributed by atoms with van der Waals surface area (Å²) in [5.74, 6) is 0. The average molecular weight is 655 g/mol. The van der Waals surface area contributed by atoms with Gasteiger partial charge in [-0.3, -0.25) is 4.98 Å². The SMILES string of the molecule is CC=C(C=C(C=N)c1cncc(-c2ccc(-n3c4ccccc4c4ccccc43)cc2)c1)c1ccc(-n2c3ccccc3c3ccccc32)cc1. The summed E-state index contributed by atoms with van der Waals surface area (Å²) in [6, 6.07) is 53.8. The maximum atomic E-state index is 8.37. The van der Waals surface area contributed by atoms with Crippen molar-refractivity contribution in [2.75, 3.05) is 0 Å². The summed E-state index contributed by atoms with van der Waals surface area (Å²) in [6.45, 7) is 2.04. The van der Waals surface area contributed by atoms with Gasteiger partial charge in [-0.05, 0) is 84.3 Å². The monoisotopic (exact) mass is 654 g/mol. The van der Waals surface area contributed by atoms with Crippen molar-refractivity contribution in [1.82, 2.24) is 14.1 Å². The molecule has 0 aliphatic carbocycles. The van der Waals surface area contributed by atoms with Crippen molar-refractivity contribution in [3.63, 3.8) is 0 Å². The van der Waals surface area contributed by atoms with Crippen LogP contribution in [0.15, 0.2) is 176 Å². The number of aromatic nitrogens is 3. The van der Waals surface area contributed by atoms with Crippen LogP contribution in [0.4, 0.5) is 0 Å². The Kier molecular flexibility index (Phi) is 7.48. The first-order valence-corrected chi connectivity index (χ1v) is 17.2. The molecule has 51 heavy (non-hydrogen) atoms. The first kappa shape index (κ1) is 30.3. The second kappa shape index (κ2) is 12.6. The van der Waals surface area contributed by atoms with E-state index in [-0.39, 0.29) is 0 Å². The maximum Gasteiger partial charge on any atom is 0.0541 e. The lowest BCUT2D eigenvalue weighted by Crippen LogP contribution is -1.95. The number of para-hydroxylation sites is 4. The first-order valence-electron chi connectivity index (χ1n) is 17.2. The van der Waals surface area contributed by atoms with E-state index in [9.17, 15) is 0 Å². The van der Waals surface area contributed by atoms with Crippen LogP contribution in [-0.4, -0.2) is 20.3 Å². The van der Waals surface area contributed by atoms with Crippen LogP contribution < -0.4 is 0 Å². The largest absolute Gasteiger partial charge is 0.309 e. The quantitative estimate of drug-likeness (QED) is 0.135. The van der Waals surface area contributed by atoms with Gasteiger partial charge in [0.1, 0.15) is 0 Å². The molecule has 0 bridgehead atoms. The van der Waals surface area contributed by atoms with Crippen LogP contribution in [0.3, 0.4) is 0 Å². The highest BCUT2D eigenvalue weighted by atomic mass is 15.0. The lowest BCUT2D eigenvalue weighted by atomic mass is 9.98. The van der Waals surface area contributed by atoms with Crippen LogP contribution in [0, 0.1) is 5.41 Å². The Morgan fingerprint density at radius 1 is 0.490 bits per heavy atom. The molecule has 0 saturated carbocycles. The molecule has 4 heteroatoms. The van der Waals surface area contributed by atoms with Crippen LogP contribution >= 0.6 is 0 Å². The molecule has 0 amide bonds. The summed E-state index contributed by atoms with van der Waals surface area (Å²) in [5.41, 5.74) is 12.9. The van der Waals surface area contributed by atoms with E-state index in [2.05, 4.69) is 178 Å². The van der Waals surface area contributed by atoms with Crippen LogP contribution in [0.1, 0.15) is 18.1 Å². The van der Waals surface area contributed by atoms with E-state index in [4.69, 9.17) is 5.41 Å². The van der Waals surface area contributed by atoms with Crippen molar-refractivity contribution < 1.29 is 0 Å². The Labute approximate surface area is 296 Å².